The van der Waals surface area contributed by atoms with E-state index in [1.165, 1.54) is 16.9 Å². The fourth-order valence-electron chi connectivity index (χ4n) is 2.19. The highest BCUT2D eigenvalue weighted by Gasteiger charge is 2.42. The molecule has 2 aromatic rings. The van der Waals surface area contributed by atoms with Crippen LogP contribution in [0.1, 0.15) is 33.1 Å². The van der Waals surface area contributed by atoms with Crippen LogP contribution in [0.15, 0.2) is 36.5 Å². The van der Waals surface area contributed by atoms with E-state index in [2.05, 4.69) is 22.4 Å². The Labute approximate surface area is 127 Å². The Morgan fingerprint density at radius 1 is 1.33 bits per heavy atom. The van der Waals surface area contributed by atoms with Crippen LogP contribution in [0.4, 0.5) is 0 Å². The van der Waals surface area contributed by atoms with Gasteiger partial charge in [0.15, 0.2) is 0 Å². The number of carbonyl (C=O) groups excluding carboxylic acids is 1. The summed E-state index contributed by atoms with van der Waals surface area (Å²) in [6.45, 7) is 0.698. The van der Waals surface area contributed by atoms with Gasteiger partial charge in [0.2, 0.25) is 0 Å². The minimum Gasteiger partial charge on any atom is -0.396 e. The molecule has 1 fully saturated rings. The van der Waals surface area contributed by atoms with Gasteiger partial charge in [-0.05, 0) is 18.4 Å². The summed E-state index contributed by atoms with van der Waals surface area (Å²) >= 11 is 1.43. The van der Waals surface area contributed by atoms with Gasteiger partial charge < -0.3 is 10.4 Å². The van der Waals surface area contributed by atoms with Gasteiger partial charge in [-0.1, -0.05) is 30.3 Å². The van der Waals surface area contributed by atoms with Crippen molar-refractivity contribution < 1.29 is 9.90 Å². The van der Waals surface area contributed by atoms with Crippen molar-refractivity contribution in [3.8, 4) is 0 Å². The zero-order chi connectivity index (χ0) is 14.7. The summed E-state index contributed by atoms with van der Waals surface area (Å²) in [4.78, 5) is 17.0. The van der Waals surface area contributed by atoms with Crippen LogP contribution in [-0.2, 0) is 6.42 Å². The van der Waals surface area contributed by atoms with Crippen LogP contribution >= 0.6 is 11.3 Å². The highest BCUT2D eigenvalue weighted by molar-refractivity contribution is 7.13. The minimum atomic E-state index is -0.0912. The zero-order valence-electron chi connectivity index (χ0n) is 11.7. The summed E-state index contributed by atoms with van der Waals surface area (Å²) in [6, 6.07) is 10.1. The van der Waals surface area contributed by atoms with Crippen molar-refractivity contribution in [2.24, 2.45) is 5.41 Å². The summed E-state index contributed by atoms with van der Waals surface area (Å²) in [7, 11) is 0. The molecule has 1 aromatic heterocycles. The number of nitrogens with one attached hydrogen (secondary N) is 1. The fourth-order valence-corrected chi connectivity index (χ4v) is 3.06. The first-order chi connectivity index (χ1) is 10.2. The van der Waals surface area contributed by atoms with Gasteiger partial charge in [-0.25, -0.2) is 4.98 Å². The third kappa shape index (κ3) is 3.49. The molecular weight excluding hydrogens is 284 g/mol. The Bertz CT molecular complexity index is 620. The lowest BCUT2D eigenvalue weighted by Gasteiger charge is -2.11. The third-order valence-electron chi connectivity index (χ3n) is 3.89. The Morgan fingerprint density at radius 2 is 2.10 bits per heavy atom. The van der Waals surface area contributed by atoms with Crippen LogP contribution in [0.3, 0.4) is 0 Å². The molecule has 1 saturated carbocycles. The second-order valence-electron chi connectivity index (χ2n) is 5.62. The zero-order valence-corrected chi connectivity index (χ0v) is 12.5. The first-order valence-electron chi connectivity index (χ1n) is 7.08. The van der Waals surface area contributed by atoms with Gasteiger partial charge in [0.1, 0.15) is 4.88 Å². The molecule has 1 amide bonds. The molecule has 1 aliphatic carbocycles. The van der Waals surface area contributed by atoms with Gasteiger partial charge in [-0.2, -0.15) is 0 Å². The summed E-state index contributed by atoms with van der Waals surface area (Å²) in [5.41, 5.74) is 1.13. The third-order valence-corrected chi connectivity index (χ3v) is 4.89. The maximum absolute atomic E-state index is 12.1. The molecule has 0 unspecified atom stereocenters. The Hall–Kier alpha value is -1.72. The molecule has 4 nitrogen and oxygen atoms in total. The average Bonchev–Trinajstić information content (AvgIpc) is 3.16. The molecule has 0 saturated heterocycles. The summed E-state index contributed by atoms with van der Waals surface area (Å²) in [5.74, 6) is -0.0912. The number of hydrogen-bond acceptors (Lipinski definition) is 4. The smallest absolute Gasteiger partial charge is 0.263 e. The fraction of sp³-hybridized carbons (Fsp3) is 0.375. The van der Waals surface area contributed by atoms with Crippen molar-refractivity contribution in [3.05, 3.63) is 52.0 Å². The van der Waals surface area contributed by atoms with E-state index >= 15 is 0 Å². The number of aromatic nitrogens is 1. The van der Waals surface area contributed by atoms with E-state index in [4.69, 9.17) is 0 Å². The normalized spacial score (nSPS) is 15.7. The minimum absolute atomic E-state index is 0.0623. The Kier molecular flexibility index (Phi) is 4.03. The lowest BCUT2D eigenvalue weighted by Crippen LogP contribution is -2.31. The molecular formula is C16H18N2O2S. The van der Waals surface area contributed by atoms with Crippen LogP contribution in [0.2, 0.25) is 0 Å². The largest absolute Gasteiger partial charge is 0.396 e. The summed E-state index contributed by atoms with van der Waals surface area (Å²) < 4.78 is 0. The lowest BCUT2D eigenvalue weighted by molar-refractivity contribution is 0.0939. The van der Waals surface area contributed by atoms with E-state index in [0.29, 0.717) is 11.4 Å². The number of aliphatic hydroxyl groups is 1. The number of carbonyl (C=O) groups is 1. The molecule has 3 rings (SSSR count). The molecule has 21 heavy (non-hydrogen) atoms. The number of nitrogens with zero attached hydrogens (tertiary/aromatic N) is 1. The number of hydrogen-bond donors (Lipinski definition) is 2. The predicted molar refractivity (Wildman–Crippen MR) is 82.4 cm³/mol. The van der Waals surface area contributed by atoms with Crippen molar-refractivity contribution in [2.75, 3.05) is 13.2 Å². The van der Waals surface area contributed by atoms with Gasteiger partial charge in [0, 0.05) is 18.4 Å². The van der Waals surface area contributed by atoms with Crippen LogP contribution in [-0.4, -0.2) is 29.1 Å². The number of thiazole rings is 1. The van der Waals surface area contributed by atoms with Crippen molar-refractivity contribution >= 4 is 17.2 Å². The molecule has 0 radical (unpaired) electrons. The van der Waals surface area contributed by atoms with Gasteiger partial charge in [-0.15, -0.1) is 11.3 Å². The number of rotatable bonds is 6. The highest BCUT2D eigenvalue weighted by Crippen LogP contribution is 2.44. The van der Waals surface area contributed by atoms with E-state index in [1.807, 2.05) is 18.2 Å². The molecule has 1 aromatic carbocycles. The monoisotopic (exact) mass is 302 g/mol. The van der Waals surface area contributed by atoms with Crippen molar-refractivity contribution in [1.82, 2.24) is 10.3 Å². The lowest BCUT2D eigenvalue weighted by atomic mass is 10.1. The average molecular weight is 302 g/mol. The first kappa shape index (κ1) is 14.2. The maximum Gasteiger partial charge on any atom is 0.263 e. The van der Waals surface area contributed by atoms with Crippen molar-refractivity contribution in [2.45, 2.75) is 19.3 Å². The molecule has 0 spiro atoms. The number of aliphatic hydroxyl groups excluding tert-OH is 1. The molecule has 1 aliphatic rings. The number of benzene rings is 1. The quantitative estimate of drug-likeness (QED) is 0.860. The molecule has 0 atom stereocenters. The van der Waals surface area contributed by atoms with Crippen LogP contribution in [0, 0.1) is 5.41 Å². The Balaban J connectivity index is 1.58. The van der Waals surface area contributed by atoms with Crippen LogP contribution in [0.25, 0.3) is 0 Å². The van der Waals surface area contributed by atoms with E-state index in [-0.39, 0.29) is 17.9 Å². The standard InChI is InChI=1S/C16H18N2O2S/c19-11-16(6-7-16)10-18-15(20)13-9-17-14(21-13)8-12-4-2-1-3-5-12/h1-5,9,19H,6-8,10-11H2,(H,18,20). The topological polar surface area (TPSA) is 62.2 Å². The maximum atomic E-state index is 12.1. The summed E-state index contributed by atoms with van der Waals surface area (Å²) in [6.07, 6.45) is 4.37. The molecule has 2 N–H and O–H groups in total. The van der Waals surface area contributed by atoms with Crippen LogP contribution in [0.5, 0.6) is 0 Å². The van der Waals surface area contributed by atoms with Gasteiger partial charge in [0.05, 0.1) is 17.8 Å². The SMILES string of the molecule is O=C(NCC1(CO)CC1)c1cnc(Cc2ccccc2)s1. The molecule has 5 heteroatoms. The van der Waals surface area contributed by atoms with Gasteiger partial charge in [-0.3, -0.25) is 4.79 Å². The van der Waals surface area contributed by atoms with Crippen molar-refractivity contribution in [3.63, 3.8) is 0 Å². The number of amides is 1. The van der Waals surface area contributed by atoms with E-state index in [0.717, 1.165) is 24.3 Å². The van der Waals surface area contributed by atoms with Gasteiger partial charge in [0.25, 0.3) is 5.91 Å². The van der Waals surface area contributed by atoms with E-state index < -0.39 is 0 Å². The molecule has 1 heterocycles. The van der Waals surface area contributed by atoms with Crippen LogP contribution < -0.4 is 5.32 Å². The second-order valence-corrected chi connectivity index (χ2v) is 6.74. The van der Waals surface area contributed by atoms with E-state index in [9.17, 15) is 9.90 Å². The van der Waals surface area contributed by atoms with Crippen molar-refractivity contribution in [1.29, 1.82) is 0 Å². The van der Waals surface area contributed by atoms with Gasteiger partial charge >= 0.3 is 0 Å². The molecule has 110 valence electrons. The highest BCUT2D eigenvalue weighted by atomic mass is 32.1. The van der Waals surface area contributed by atoms with E-state index in [1.54, 1.807) is 6.20 Å². The predicted octanol–water partition coefficient (Wildman–Crippen LogP) is 2.24. The summed E-state index contributed by atoms with van der Waals surface area (Å²) in [5, 5.41) is 13.1. The first-order valence-corrected chi connectivity index (χ1v) is 7.90. The second kappa shape index (κ2) is 5.95. The molecule has 0 bridgehead atoms. The molecule has 0 aliphatic heterocycles. The Morgan fingerprint density at radius 3 is 2.76 bits per heavy atom.